The van der Waals surface area contributed by atoms with E-state index in [9.17, 15) is 14.4 Å². The van der Waals surface area contributed by atoms with E-state index in [2.05, 4.69) is 13.2 Å². The summed E-state index contributed by atoms with van der Waals surface area (Å²) in [7, 11) is 0. The molecule has 0 N–H and O–H groups in total. The number of carbonyl (C=O) groups excluding carboxylic acids is 3. The summed E-state index contributed by atoms with van der Waals surface area (Å²) in [6, 6.07) is 0. The van der Waals surface area contributed by atoms with Crippen LogP contribution in [0.5, 0.6) is 0 Å². The van der Waals surface area contributed by atoms with Gasteiger partial charge in [-0.3, -0.25) is 9.59 Å². The minimum absolute atomic E-state index is 0.224. The Morgan fingerprint density at radius 3 is 1.58 bits per heavy atom. The van der Waals surface area contributed by atoms with Gasteiger partial charge in [0.05, 0.1) is 0 Å². The molecule has 0 aromatic carbocycles. The summed E-state index contributed by atoms with van der Waals surface area (Å²) in [5.41, 5.74) is 0. The van der Waals surface area contributed by atoms with Crippen LogP contribution in [-0.2, 0) is 28.5 Å². The van der Waals surface area contributed by atoms with Gasteiger partial charge in [-0.15, -0.1) is 13.2 Å². The van der Waals surface area contributed by atoms with E-state index in [-0.39, 0.29) is 26.1 Å². The molecular weight excluding hydrogens is 555 g/mol. The van der Waals surface area contributed by atoms with Crippen LogP contribution >= 0.6 is 34.8 Å². The average Bonchev–Trinajstić information content (AvgIpc) is 2.87. The Hall–Kier alpha value is -1.44. The summed E-state index contributed by atoms with van der Waals surface area (Å²) >= 11 is 16.6. The van der Waals surface area contributed by atoms with Gasteiger partial charge >= 0.3 is 18.1 Å². The molecule has 0 radical (unpaired) electrons. The molecule has 0 saturated heterocycles. The maximum Gasteiger partial charge on any atom is 0.508 e. The van der Waals surface area contributed by atoms with Crippen molar-refractivity contribution in [1.29, 1.82) is 0 Å². The maximum absolute atomic E-state index is 12.3. The van der Waals surface area contributed by atoms with Gasteiger partial charge in [-0.2, -0.15) is 0 Å². The van der Waals surface area contributed by atoms with Gasteiger partial charge in [0.2, 0.25) is 3.79 Å². The second-order valence-electron chi connectivity index (χ2n) is 9.16. The van der Waals surface area contributed by atoms with E-state index in [1.165, 1.54) is 0 Å². The molecule has 220 valence electrons. The summed E-state index contributed by atoms with van der Waals surface area (Å²) in [6.07, 6.45) is 16.5. The average molecular weight is 600 g/mol. The van der Waals surface area contributed by atoms with Crippen LogP contribution < -0.4 is 0 Å². The van der Waals surface area contributed by atoms with Crippen molar-refractivity contribution in [2.75, 3.05) is 19.8 Å². The molecule has 0 aliphatic carbocycles. The van der Waals surface area contributed by atoms with E-state index >= 15 is 0 Å². The first kappa shape index (κ1) is 36.6. The zero-order valence-electron chi connectivity index (χ0n) is 22.6. The van der Waals surface area contributed by atoms with Gasteiger partial charge in [0, 0.05) is 12.8 Å². The molecule has 0 aromatic heterocycles. The third-order valence-electron chi connectivity index (χ3n) is 5.55. The molecule has 7 nitrogen and oxygen atoms in total. The Bertz CT molecular complexity index is 665. The molecule has 0 aliphatic heterocycles. The van der Waals surface area contributed by atoms with Crippen molar-refractivity contribution in [3.63, 3.8) is 0 Å². The predicted octanol–water partition coefficient (Wildman–Crippen LogP) is 8.58. The molecule has 0 rings (SSSR count). The normalized spacial score (nSPS) is 11.9. The maximum atomic E-state index is 12.3. The second kappa shape index (κ2) is 24.6. The van der Waals surface area contributed by atoms with Crippen LogP contribution in [0.4, 0.5) is 4.79 Å². The van der Waals surface area contributed by atoms with Crippen LogP contribution in [0.2, 0.25) is 0 Å². The smallest absolute Gasteiger partial charge is 0.462 e. The van der Waals surface area contributed by atoms with Crippen LogP contribution in [0.15, 0.2) is 25.3 Å². The SMILES string of the molecule is C=CCCCCCCCCC(=O)OC[C@H](COC(=O)OCC(Cl)(Cl)Cl)OC(=O)CCCCCCCCC=C. The van der Waals surface area contributed by atoms with Gasteiger partial charge in [-0.25, -0.2) is 4.79 Å². The molecule has 0 fully saturated rings. The van der Waals surface area contributed by atoms with Crippen molar-refractivity contribution in [1.82, 2.24) is 0 Å². The van der Waals surface area contributed by atoms with Crippen molar-refractivity contribution in [3.8, 4) is 0 Å². The van der Waals surface area contributed by atoms with Crippen molar-refractivity contribution in [3.05, 3.63) is 25.3 Å². The Morgan fingerprint density at radius 1 is 0.632 bits per heavy atom. The van der Waals surface area contributed by atoms with Crippen molar-refractivity contribution in [2.24, 2.45) is 0 Å². The second-order valence-corrected chi connectivity index (χ2v) is 11.7. The fraction of sp³-hybridized carbons (Fsp3) is 0.750. The van der Waals surface area contributed by atoms with E-state index in [4.69, 9.17) is 53.8 Å². The highest BCUT2D eigenvalue weighted by atomic mass is 35.6. The Balaban J connectivity index is 4.40. The zero-order chi connectivity index (χ0) is 28.5. The van der Waals surface area contributed by atoms with Gasteiger partial charge in [0.1, 0.15) is 19.8 Å². The van der Waals surface area contributed by atoms with Gasteiger partial charge in [-0.1, -0.05) is 98.3 Å². The Labute approximate surface area is 243 Å². The van der Waals surface area contributed by atoms with Crippen LogP contribution in [0.3, 0.4) is 0 Å². The number of hydrogen-bond donors (Lipinski definition) is 0. The summed E-state index contributed by atoms with van der Waals surface area (Å²) < 4.78 is 18.6. The monoisotopic (exact) mass is 598 g/mol. The molecule has 10 heteroatoms. The van der Waals surface area contributed by atoms with Crippen molar-refractivity contribution in [2.45, 2.75) is 113 Å². The van der Waals surface area contributed by atoms with E-state index in [1.807, 2.05) is 12.2 Å². The third kappa shape index (κ3) is 26.2. The van der Waals surface area contributed by atoms with E-state index in [0.717, 1.165) is 83.5 Å². The van der Waals surface area contributed by atoms with Gasteiger partial charge in [0.25, 0.3) is 0 Å². The molecule has 0 aliphatic rings. The van der Waals surface area contributed by atoms with E-state index in [0.29, 0.717) is 6.42 Å². The molecule has 0 amide bonds. The van der Waals surface area contributed by atoms with Crippen LogP contribution in [0, 0.1) is 0 Å². The number of rotatable bonds is 24. The summed E-state index contributed by atoms with van der Waals surface area (Å²) in [5.74, 6) is -0.847. The summed E-state index contributed by atoms with van der Waals surface area (Å²) in [6.45, 7) is 6.34. The number of esters is 2. The lowest BCUT2D eigenvalue weighted by Crippen LogP contribution is -2.31. The van der Waals surface area contributed by atoms with E-state index < -0.39 is 34.6 Å². The van der Waals surface area contributed by atoms with Crippen LogP contribution in [-0.4, -0.2) is 47.8 Å². The van der Waals surface area contributed by atoms with Gasteiger partial charge < -0.3 is 18.9 Å². The quantitative estimate of drug-likeness (QED) is 0.0361. The number of ether oxygens (including phenoxy) is 4. The largest absolute Gasteiger partial charge is 0.508 e. The molecule has 0 heterocycles. The highest BCUT2D eigenvalue weighted by Gasteiger charge is 2.24. The molecule has 0 saturated carbocycles. The predicted molar refractivity (Wildman–Crippen MR) is 153 cm³/mol. The number of carbonyl (C=O) groups is 3. The zero-order valence-corrected chi connectivity index (χ0v) is 24.8. The Kier molecular flexibility index (Phi) is 23.7. The number of allylic oxidation sites excluding steroid dienone is 2. The third-order valence-corrected chi connectivity index (χ3v) is 5.87. The molecule has 0 aromatic rings. The summed E-state index contributed by atoms with van der Waals surface area (Å²) in [4.78, 5) is 36.2. The standard InChI is InChI=1S/C28H45Cl3O7/c1-3-5-7-9-11-13-15-17-19-25(32)35-21-24(22-36-27(34)37-23-28(29,30)31)38-26(33)20-18-16-14-12-10-8-6-4-2/h3-4,24H,1-2,5-23H2/t24-/m1/s1. The molecule has 1 atom stereocenters. The first-order valence-electron chi connectivity index (χ1n) is 13.6. The minimum Gasteiger partial charge on any atom is -0.462 e. The lowest BCUT2D eigenvalue weighted by molar-refractivity contribution is -0.162. The fourth-order valence-corrected chi connectivity index (χ4v) is 3.66. The molecule has 0 unspecified atom stereocenters. The lowest BCUT2D eigenvalue weighted by atomic mass is 10.1. The highest BCUT2D eigenvalue weighted by Crippen LogP contribution is 2.26. The fourth-order valence-electron chi connectivity index (χ4n) is 3.49. The minimum atomic E-state index is -1.78. The molecule has 0 bridgehead atoms. The topological polar surface area (TPSA) is 88.1 Å². The molecule has 38 heavy (non-hydrogen) atoms. The number of alkyl halides is 3. The number of hydrogen-bond acceptors (Lipinski definition) is 7. The van der Waals surface area contributed by atoms with Crippen molar-refractivity contribution < 1.29 is 33.3 Å². The van der Waals surface area contributed by atoms with E-state index in [1.54, 1.807) is 0 Å². The van der Waals surface area contributed by atoms with Crippen LogP contribution in [0.1, 0.15) is 103 Å². The van der Waals surface area contributed by atoms with Gasteiger partial charge in [-0.05, 0) is 38.5 Å². The number of halogens is 3. The summed E-state index contributed by atoms with van der Waals surface area (Å²) in [5, 5.41) is 0. The first-order valence-corrected chi connectivity index (χ1v) is 14.7. The van der Waals surface area contributed by atoms with Crippen molar-refractivity contribution >= 4 is 52.9 Å². The first-order chi connectivity index (χ1) is 18.2. The lowest BCUT2D eigenvalue weighted by Gasteiger charge is -2.18. The number of unbranched alkanes of at least 4 members (excludes halogenated alkanes) is 12. The molecular formula is C28H45Cl3O7. The van der Waals surface area contributed by atoms with Crippen LogP contribution in [0.25, 0.3) is 0 Å². The van der Waals surface area contributed by atoms with Gasteiger partial charge in [0.15, 0.2) is 6.10 Å². The Morgan fingerprint density at radius 2 is 1.08 bits per heavy atom. The highest BCUT2D eigenvalue weighted by molar-refractivity contribution is 6.67. The molecule has 0 spiro atoms.